The zero-order valence-corrected chi connectivity index (χ0v) is 12.7. The van der Waals surface area contributed by atoms with Crippen LogP contribution in [-0.4, -0.2) is 25.5 Å². The standard InChI is InChI=1S/C15H25NOS/c1-12(2)9-16-10-14-5-7-15(8-6-14)18-11-13(3)17-4/h5-8,12-13,16H,9-11H2,1-4H3. The van der Waals surface area contributed by atoms with Gasteiger partial charge in [-0.15, -0.1) is 11.8 Å². The lowest BCUT2D eigenvalue weighted by molar-refractivity contribution is 0.138. The molecular weight excluding hydrogens is 242 g/mol. The molecule has 0 aromatic heterocycles. The van der Waals surface area contributed by atoms with Gasteiger partial charge in [-0.1, -0.05) is 26.0 Å². The van der Waals surface area contributed by atoms with E-state index in [4.69, 9.17) is 4.74 Å². The van der Waals surface area contributed by atoms with Crippen LogP contribution >= 0.6 is 11.8 Å². The van der Waals surface area contributed by atoms with E-state index >= 15 is 0 Å². The minimum absolute atomic E-state index is 0.308. The lowest BCUT2D eigenvalue weighted by atomic mass is 10.2. The van der Waals surface area contributed by atoms with E-state index in [1.165, 1.54) is 10.5 Å². The highest BCUT2D eigenvalue weighted by Gasteiger charge is 2.01. The van der Waals surface area contributed by atoms with E-state index in [0.29, 0.717) is 12.0 Å². The molecule has 1 atom stereocenters. The van der Waals surface area contributed by atoms with Crippen LogP contribution in [-0.2, 0) is 11.3 Å². The average Bonchev–Trinajstić information content (AvgIpc) is 2.37. The highest BCUT2D eigenvalue weighted by Crippen LogP contribution is 2.19. The van der Waals surface area contributed by atoms with E-state index < -0.39 is 0 Å². The Morgan fingerprint density at radius 1 is 1.17 bits per heavy atom. The van der Waals surface area contributed by atoms with E-state index in [-0.39, 0.29) is 0 Å². The zero-order chi connectivity index (χ0) is 13.4. The summed E-state index contributed by atoms with van der Waals surface area (Å²) < 4.78 is 5.24. The number of benzene rings is 1. The van der Waals surface area contributed by atoms with E-state index in [9.17, 15) is 0 Å². The Hall–Kier alpha value is -0.510. The van der Waals surface area contributed by atoms with Gasteiger partial charge in [-0.2, -0.15) is 0 Å². The van der Waals surface area contributed by atoms with Crippen LogP contribution in [0, 0.1) is 5.92 Å². The second kappa shape index (κ2) is 8.57. The fourth-order valence-corrected chi connectivity index (χ4v) is 2.38. The van der Waals surface area contributed by atoms with Crippen LogP contribution < -0.4 is 5.32 Å². The van der Waals surface area contributed by atoms with Crippen molar-refractivity contribution in [2.24, 2.45) is 5.92 Å². The third-order valence-electron chi connectivity index (χ3n) is 2.69. The molecular formula is C15H25NOS. The molecule has 2 nitrogen and oxygen atoms in total. The molecule has 0 amide bonds. The van der Waals surface area contributed by atoms with Crippen LogP contribution in [0.3, 0.4) is 0 Å². The molecule has 0 aliphatic heterocycles. The van der Waals surface area contributed by atoms with Crippen molar-refractivity contribution in [1.29, 1.82) is 0 Å². The summed E-state index contributed by atoms with van der Waals surface area (Å²) in [4.78, 5) is 1.31. The summed E-state index contributed by atoms with van der Waals surface area (Å²) in [5.41, 5.74) is 1.35. The first-order valence-corrected chi connectivity index (χ1v) is 7.55. The van der Waals surface area contributed by atoms with Crippen molar-refractivity contribution < 1.29 is 4.74 Å². The number of thioether (sulfide) groups is 1. The van der Waals surface area contributed by atoms with Crippen LogP contribution in [0.4, 0.5) is 0 Å². The topological polar surface area (TPSA) is 21.3 Å². The van der Waals surface area contributed by atoms with Gasteiger partial charge in [0.05, 0.1) is 6.10 Å². The molecule has 0 bridgehead atoms. The van der Waals surface area contributed by atoms with Gasteiger partial charge in [-0.05, 0) is 37.1 Å². The van der Waals surface area contributed by atoms with Gasteiger partial charge >= 0.3 is 0 Å². The molecule has 1 unspecified atom stereocenters. The Kier molecular flexibility index (Phi) is 7.40. The van der Waals surface area contributed by atoms with Crippen molar-refractivity contribution >= 4 is 11.8 Å². The summed E-state index contributed by atoms with van der Waals surface area (Å²) in [6, 6.07) is 8.79. The summed E-state index contributed by atoms with van der Waals surface area (Å²) in [6.45, 7) is 8.57. The van der Waals surface area contributed by atoms with Crippen LogP contribution in [0.5, 0.6) is 0 Å². The molecule has 0 heterocycles. The Labute approximate surface area is 116 Å². The minimum atomic E-state index is 0.308. The lowest BCUT2D eigenvalue weighted by Crippen LogP contribution is -2.18. The van der Waals surface area contributed by atoms with E-state index in [1.54, 1.807) is 7.11 Å². The highest BCUT2D eigenvalue weighted by molar-refractivity contribution is 7.99. The Balaban J connectivity index is 2.33. The van der Waals surface area contributed by atoms with Crippen molar-refractivity contribution in [1.82, 2.24) is 5.32 Å². The van der Waals surface area contributed by atoms with Gasteiger partial charge in [0.15, 0.2) is 0 Å². The molecule has 0 fully saturated rings. The SMILES string of the molecule is COC(C)CSc1ccc(CNCC(C)C)cc1. The van der Waals surface area contributed by atoms with E-state index in [1.807, 2.05) is 11.8 Å². The number of methoxy groups -OCH3 is 1. The van der Waals surface area contributed by atoms with Gasteiger partial charge in [0, 0.05) is 24.3 Å². The molecule has 1 rings (SSSR count). The van der Waals surface area contributed by atoms with Crippen molar-refractivity contribution in [2.75, 3.05) is 19.4 Å². The molecule has 0 spiro atoms. The van der Waals surface area contributed by atoms with Gasteiger partial charge < -0.3 is 10.1 Å². The van der Waals surface area contributed by atoms with Crippen molar-refractivity contribution in [2.45, 2.75) is 38.3 Å². The molecule has 102 valence electrons. The number of rotatable bonds is 8. The van der Waals surface area contributed by atoms with Gasteiger partial charge in [-0.25, -0.2) is 0 Å². The minimum Gasteiger partial charge on any atom is -0.381 e. The molecule has 3 heteroatoms. The second-order valence-electron chi connectivity index (χ2n) is 5.03. The number of hydrogen-bond acceptors (Lipinski definition) is 3. The summed E-state index contributed by atoms with van der Waals surface area (Å²) in [7, 11) is 1.76. The predicted molar refractivity (Wildman–Crippen MR) is 80.2 cm³/mol. The van der Waals surface area contributed by atoms with E-state index in [0.717, 1.165) is 18.8 Å². The molecule has 0 aliphatic carbocycles. The number of hydrogen-bond donors (Lipinski definition) is 1. The smallest absolute Gasteiger partial charge is 0.0637 e. The van der Waals surface area contributed by atoms with Crippen LogP contribution in [0.1, 0.15) is 26.3 Å². The Morgan fingerprint density at radius 2 is 1.83 bits per heavy atom. The van der Waals surface area contributed by atoms with Crippen molar-refractivity contribution in [3.8, 4) is 0 Å². The maximum absolute atomic E-state index is 5.24. The van der Waals surface area contributed by atoms with Crippen molar-refractivity contribution in [3.63, 3.8) is 0 Å². The maximum Gasteiger partial charge on any atom is 0.0637 e. The fraction of sp³-hybridized carbons (Fsp3) is 0.600. The first-order valence-electron chi connectivity index (χ1n) is 6.57. The summed E-state index contributed by atoms with van der Waals surface area (Å²) >= 11 is 1.85. The Bertz CT molecular complexity index is 324. The molecule has 1 aromatic carbocycles. The monoisotopic (exact) mass is 267 g/mol. The fourth-order valence-electron chi connectivity index (χ4n) is 1.49. The molecule has 0 radical (unpaired) electrons. The normalized spacial score (nSPS) is 12.9. The predicted octanol–water partition coefficient (Wildman–Crippen LogP) is 3.56. The summed E-state index contributed by atoms with van der Waals surface area (Å²) in [5, 5.41) is 3.45. The number of nitrogens with one attached hydrogen (secondary N) is 1. The Morgan fingerprint density at radius 3 is 2.39 bits per heavy atom. The van der Waals surface area contributed by atoms with Gasteiger partial charge in [0.2, 0.25) is 0 Å². The molecule has 1 N–H and O–H groups in total. The first kappa shape index (κ1) is 15.5. The molecule has 0 saturated heterocycles. The largest absolute Gasteiger partial charge is 0.381 e. The molecule has 0 aliphatic rings. The van der Waals surface area contributed by atoms with Crippen molar-refractivity contribution in [3.05, 3.63) is 29.8 Å². The zero-order valence-electron chi connectivity index (χ0n) is 11.9. The van der Waals surface area contributed by atoms with Crippen LogP contribution in [0.25, 0.3) is 0 Å². The second-order valence-corrected chi connectivity index (χ2v) is 6.12. The summed E-state index contributed by atoms with van der Waals surface area (Å²) in [5.74, 6) is 1.71. The first-order chi connectivity index (χ1) is 8.61. The maximum atomic E-state index is 5.24. The van der Waals surface area contributed by atoms with Crippen LogP contribution in [0.15, 0.2) is 29.2 Å². The van der Waals surface area contributed by atoms with Gasteiger partial charge in [-0.3, -0.25) is 0 Å². The third-order valence-corrected chi connectivity index (χ3v) is 3.93. The summed E-state index contributed by atoms with van der Waals surface area (Å²) in [6.07, 6.45) is 0.308. The third kappa shape index (κ3) is 6.43. The lowest BCUT2D eigenvalue weighted by Gasteiger charge is -2.10. The molecule has 1 aromatic rings. The average molecular weight is 267 g/mol. The quantitative estimate of drug-likeness (QED) is 0.728. The molecule has 18 heavy (non-hydrogen) atoms. The number of ether oxygens (including phenoxy) is 1. The van der Waals surface area contributed by atoms with Gasteiger partial charge in [0.25, 0.3) is 0 Å². The molecule has 0 saturated carbocycles. The van der Waals surface area contributed by atoms with Crippen LogP contribution in [0.2, 0.25) is 0 Å². The highest BCUT2D eigenvalue weighted by atomic mass is 32.2. The van der Waals surface area contributed by atoms with Gasteiger partial charge in [0.1, 0.15) is 0 Å². The van der Waals surface area contributed by atoms with E-state index in [2.05, 4.69) is 50.4 Å².